The van der Waals surface area contributed by atoms with Crippen molar-refractivity contribution >= 4 is 17.6 Å². The van der Waals surface area contributed by atoms with Gasteiger partial charge in [0.25, 0.3) is 0 Å². The lowest BCUT2D eigenvalue weighted by atomic mass is 10.2. The second-order valence-corrected chi connectivity index (χ2v) is 4.21. The standard InChI is InChI=1S/C13H17FN2O3/c1-3-11(13(18)19)16(2)8-12(17)15-10-7-5-4-6-9(10)14/h4-7,11H,3,8H2,1-2H3,(H,15,17)(H,18,19). The number of carbonyl (C=O) groups excluding carboxylic acids is 1. The van der Waals surface area contributed by atoms with Gasteiger partial charge in [0, 0.05) is 0 Å². The number of carboxylic acid groups (broad SMARTS) is 1. The van der Waals surface area contributed by atoms with Crippen molar-refractivity contribution < 1.29 is 19.1 Å². The van der Waals surface area contributed by atoms with Crippen LogP contribution in [-0.2, 0) is 9.59 Å². The fourth-order valence-corrected chi connectivity index (χ4v) is 1.76. The van der Waals surface area contributed by atoms with Gasteiger partial charge in [-0.1, -0.05) is 19.1 Å². The van der Waals surface area contributed by atoms with E-state index >= 15 is 0 Å². The van der Waals surface area contributed by atoms with Gasteiger partial charge in [-0.15, -0.1) is 0 Å². The highest BCUT2D eigenvalue weighted by Gasteiger charge is 2.22. The molecule has 0 bridgehead atoms. The fourth-order valence-electron chi connectivity index (χ4n) is 1.76. The van der Waals surface area contributed by atoms with Gasteiger partial charge in [-0.2, -0.15) is 0 Å². The van der Waals surface area contributed by atoms with E-state index in [1.807, 2.05) is 0 Å². The Kier molecular flexibility index (Phi) is 5.44. The summed E-state index contributed by atoms with van der Waals surface area (Å²) in [6.07, 6.45) is 0.388. The largest absolute Gasteiger partial charge is 0.480 e. The van der Waals surface area contributed by atoms with Gasteiger partial charge >= 0.3 is 5.97 Å². The van der Waals surface area contributed by atoms with Gasteiger partial charge in [0.2, 0.25) is 5.91 Å². The molecule has 0 aliphatic carbocycles. The smallest absolute Gasteiger partial charge is 0.320 e. The van der Waals surface area contributed by atoms with Crippen molar-refractivity contribution in [2.24, 2.45) is 0 Å². The Morgan fingerprint density at radius 2 is 2.05 bits per heavy atom. The van der Waals surface area contributed by atoms with Gasteiger partial charge in [-0.3, -0.25) is 14.5 Å². The molecule has 6 heteroatoms. The fraction of sp³-hybridized carbons (Fsp3) is 0.385. The highest BCUT2D eigenvalue weighted by atomic mass is 19.1. The minimum Gasteiger partial charge on any atom is -0.480 e. The molecule has 0 aromatic heterocycles. The second-order valence-electron chi connectivity index (χ2n) is 4.21. The van der Waals surface area contributed by atoms with E-state index in [0.717, 1.165) is 0 Å². The lowest BCUT2D eigenvalue weighted by Crippen LogP contribution is -2.42. The molecule has 5 nitrogen and oxygen atoms in total. The van der Waals surface area contributed by atoms with E-state index < -0.39 is 23.7 Å². The summed E-state index contributed by atoms with van der Waals surface area (Å²) in [5, 5.41) is 11.4. The average Bonchev–Trinajstić information content (AvgIpc) is 2.32. The van der Waals surface area contributed by atoms with Gasteiger partial charge < -0.3 is 10.4 Å². The van der Waals surface area contributed by atoms with E-state index in [9.17, 15) is 14.0 Å². The predicted octanol–water partition coefficient (Wildman–Crippen LogP) is 1.56. The Hall–Kier alpha value is -1.95. The molecule has 0 saturated heterocycles. The van der Waals surface area contributed by atoms with Crippen LogP contribution in [0.3, 0.4) is 0 Å². The Bertz CT molecular complexity index is 465. The van der Waals surface area contributed by atoms with Gasteiger partial charge in [0.15, 0.2) is 0 Å². The minimum atomic E-state index is -0.983. The van der Waals surface area contributed by atoms with Crippen LogP contribution in [0.25, 0.3) is 0 Å². The van der Waals surface area contributed by atoms with Crippen LogP contribution in [0.4, 0.5) is 10.1 Å². The number of carbonyl (C=O) groups is 2. The molecular formula is C13H17FN2O3. The Morgan fingerprint density at radius 3 is 2.58 bits per heavy atom. The summed E-state index contributed by atoms with van der Waals surface area (Å²) in [6, 6.07) is 5.09. The van der Waals surface area contributed by atoms with Crippen molar-refractivity contribution in [3.8, 4) is 0 Å². The molecule has 19 heavy (non-hydrogen) atoms. The summed E-state index contributed by atoms with van der Waals surface area (Å²) in [7, 11) is 1.54. The molecule has 1 unspecified atom stereocenters. The molecule has 0 spiro atoms. The molecular weight excluding hydrogens is 251 g/mol. The quantitative estimate of drug-likeness (QED) is 0.821. The van der Waals surface area contributed by atoms with Gasteiger partial charge in [0.05, 0.1) is 12.2 Å². The van der Waals surface area contributed by atoms with Crippen molar-refractivity contribution in [3.05, 3.63) is 30.1 Å². The third kappa shape index (κ3) is 4.33. The molecule has 1 rings (SSSR count). The lowest BCUT2D eigenvalue weighted by Gasteiger charge is -2.22. The molecule has 0 saturated carbocycles. The van der Waals surface area contributed by atoms with E-state index in [0.29, 0.717) is 6.42 Å². The number of carboxylic acids is 1. The number of para-hydroxylation sites is 1. The van der Waals surface area contributed by atoms with Gasteiger partial charge in [-0.05, 0) is 25.6 Å². The number of hydrogen-bond acceptors (Lipinski definition) is 3. The maximum Gasteiger partial charge on any atom is 0.320 e. The maximum absolute atomic E-state index is 13.3. The first-order valence-electron chi connectivity index (χ1n) is 5.93. The number of amides is 1. The Morgan fingerprint density at radius 1 is 1.42 bits per heavy atom. The van der Waals surface area contributed by atoms with Crippen molar-refractivity contribution in [3.63, 3.8) is 0 Å². The summed E-state index contributed by atoms with van der Waals surface area (Å²) in [5.41, 5.74) is 0.0873. The van der Waals surface area contributed by atoms with E-state index in [4.69, 9.17) is 5.11 Å². The number of rotatable bonds is 6. The predicted molar refractivity (Wildman–Crippen MR) is 69.4 cm³/mol. The highest BCUT2D eigenvalue weighted by Crippen LogP contribution is 2.12. The normalized spacial score (nSPS) is 12.2. The third-order valence-electron chi connectivity index (χ3n) is 2.74. The number of likely N-dealkylation sites (N-methyl/N-ethyl adjacent to an activating group) is 1. The molecule has 0 fully saturated rings. The van der Waals surface area contributed by atoms with E-state index in [-0.39, 0.29) is 12.2 Å². The zero-order valence-electron chi connectivity index (χ0n) is 10.9. The van der Waals surface area contributed by atoms with Crippen molar-refractivity contribution in [2.45, 2.75) is 19.4 Å². The second kappa shape index (κ2) is 6.84. The van der Waals surface area contributed by atoms with E-state index in [1.165, 1.54) is 23.1 Å². The molecule has 1 aromatic rings. The molecule has 0 heterocycles. The molecule has 1 aromatic carbocycles. The average molecular weight is 268 g/mol. The van der Waals surface area contributed by atoms with Crippen LogP contribution >= 0.6 is 0 Å². The van der Waals surface area contributed by atoms with Crippen LogP contribution in [0, 0.1) is 5.82 Å². The molecule has 1 amide bonds. The Balaban J connectivity index is 2.61. The van der Waals surface area contributed by atoms with Crippen LogP contribution in [0.5, 0.6) is 0 Å². The topological polar surface area (TPSA) is 69.6 Å². The summed E-state index contributed by atoms with van der Waals surface area (Å²) in [4.78, 5) is 24.1. The van der Waals surface area contributed by atoms with Crippen LogP contribution in [-0.4, -0.2) is 41.5 Å². The zero-order valence-corrected chi connectivity index (χ0v) is 10.9. The van der Waals surface area contributed by atoms with Crippen LogP contribution in [0.1, 0.15) is 13.3 Å². The first-order valence-corrected chi connectivity index (χ1v) is 5.93. The number of nitrogens with one attached hydrogen (secondary N) is 1. The summed E-state index contributed by atoms with van der Waals surface area (Å²) in [5.74, 6) is -1.96. The first-order chi connectivity index (χ1) is 8.95. The Labute approximate surface area is 111 Å². The molecule has 104 valence electrons. The number of benzene rings is 1. The first kappa shape index (κ1) is 15.1. The highest BCUT2D eigenvalue weighted by molar-refractivity contribution is 5.92. The third-order valence-corrected chi connectivity index (χ3v) is 2.74. The van der Waals surface area contributed by atoms with E-state index in [1.54, 1.807) is 20.0 Å². The van der Waals surface area contributed by atoms with Gasteiger partial charge in [0.1, 0.15) is 11.9 Å². The maximum atomic E-state index is 13.3. The monoisotopic (exact) mass is 268 g/mol. The van der Waals surface area contributed by atoms with Crippen LogP contribution < -0.4 is 5.32 Å². The lowest BCUT2D eigenvalue weighted by molar-refractivity contribution is -0.143. The zero-order chi connectivity index (χ0) is 14.4. The molecule has 0 aliphatic heterocycles. The minimum absolute atomic E-state index is 0.0873. The van der Waals surface area contributed by atoms with Crippen molar-refractivity contribution in [1.29, 1.82) is 0 Å². The van der Waals surface area contributed by atoms with E-state index in [2.05, 4.69) is 5.32 Å². The summed E-state index contributed by atoms with van der Waals surface area (Å²) < 4.78 is 13.3. The number of anilines is 1. The van der Waals surface area contributed by atoms with Crippen molar-refractivity contribution in [2.75, 3.05) is 18.9 Å². The number of aliphatic carboxylic acids is 1. The number of nitrogens with zero attached hydrogens (tertiary/aromatic N) is 1. The van der Waals surface area contributed by atoms with Crippen LogP contribution in [0.15, 0.2) is 24.3 Å². The molecule has 1 atom stereocenters. The van der Waals surface area contributed by atoms with Crippen molar-refractivity contribution in [1.82, 2.24) is 4.90 Å². The molecule has 0 aliphatic rings. The van der Waals surface area contributed by atoms with Gasteiger partial charge in [-0.25, -0.2) is 4.39 Å². The molecule has 0 radical (unpaired) electrons. The number of hydrogen-bond donors (Lipinski definition) is 2. The SMILES string of the molecule is CCC(C(=O)O)N(C)CC(=O)Nc1ccccc1F. The molecule has 2 N–H and O–H groups in total. The number of halogens is 1. The summed E-state index contributed by atoms with van der Waals surface area (Å²) in [6.45, 7) is 1.61. The summed E-state index contributed by atoms with van der Waals surface area (Å²) >= 11 is 0. The van der Waals surface area contributed by atoms with Crippen LogP contribution in [0.2, 0.25) is 0 Å².